The van der Waals surface area contributed by atoms with Crippen LogP contribution < -0.4 is 0 Å². The van der Waals surface area contributed by atoms with E-state index < -0.39 is 10.0 Å². The summed E-state index contributed by atoms with van der Waals surface area (Å²) in [5, 5.41) is 0. The second-order valence-corrected chi connectivity index (χ2v) is 5.70. The maximum absolute atomic E-state index is 11.9. The van der Waals surface area contributed by atoms with Crippen molar-refractivity contribution in [2.45, 2.75) is 11.8 Å². The number of sulfonamides is 1. The van der Waals surface area contributed by atoms with Crippen LogP contribution in [0.3, 0.4) is 0 Å². The predicted octanol–water partition coefficient (Wildman–Crippen LogP) is 2.14. The Morgan fingerprint density at radius 1 is 1.17 bits per heavy atom. The van der Waals surface area contributed by atoms with E-state index in [1.54, 1.807) is 34.9 Å². The summed E-state index contributed by atoms with van der Waals surface area (Å²) < 4.78 is 29.4. The monoisotopic (exact) mass is 262 g/mol. The second kappa shape index (κ2) is 4.78. The van der Waals surface area contributed by atoms with Gasteiger partial charge in [0.2, 0.25) is 0 Å². The number of rotatable bonds is 3. The first-order chi connectivity index (χ1) is 8.49. The Balaban J connectivity index is 2.30. The molecule has 0 fully saturated rings. The minimum absolute atomic E-state index is 0.207. The molecule has 0 N–H and O–H groups in total. The molecule has 5 heteroatoms. The van der Waals surface area contributed by atoms with E-state index in [-0.39, 0.29) is 4.90 Å². The lowest BCUT2D eigenvalue weighted by molar-refractivity contribution is 0.598. The minimum atomic E-state index is -3.61. The number of nitrogens with zero attached hydrogens (tertiary/aromatic N) is 2. The van der Waals surface area contributed by atoms with Gasteiger partial charge in [-0.3, -0.25) is 0 Å². The molecule has 0 atom stereocenters. The zero-order valence-electron chi connectivity index (χ0n) is 10.2. The molecule has 94 valence electrons. The summed E-state index contributed by atoms with van der Waals surface area (Å²) in [6, 6.07) is 10.3. The highest BCUT2D eigenvalue weighted by molar-refractivity contribution is 7.90. The Kier molecular flexibility index (Phi) is 3.34. The summed E-state index contributed by atoms with van der Waals surface area (Å²) in [5.74, 6) is 0. The summed E-state index contributed by atoms with van der Waals surface area (Å²) in [7, 11) is -1.78. The van der Waals surface area contributed by atoms with Gasteiger partial charge in [-0.1, -0.05) is 17.7 Å². The van der Waals surface area contributed by atoms with Gasteiger partial charge in [0.15, 0.2) is 0 Å². The molecule has 4 nitrogen and oxygen atoms in total. The molecule has 0 spiro atoms. The number of aromatic nitrogens is 1. The van der Waals surface area contributed by atoms with Crippen LogP contribution in [0.1, 0.15) is 11.3 Å². The molecule has 2 rings (SSSR count). The van der Waals surface area contributed by atoms with E-state index in [0.29, 0.717) is 0 Å². The third-order valence-electron chi connectivity index (χ3n) is 2.63. The highest BCUT2D eigenvalue weighted by Gasteiger charge is 2.10. The number of hydrogen-bond donors (Lipinski definition) is 0. The highest BCUT2D eigenvalue weighted by atomic mass is 32.2. The van der Waals surface area contributed by atoms with Gasteiger partial charge >= 0.3 is 0 Å². The van der Waals surface area contributed by atoms with Crippen molar-refractivity contribution in [2.75, 3.05) is 0 Å². The van der Waals surface area contributed by atoms with Gasteiger partial charge in [-0.25, -0.2) is 0 Å². The molecule has 1 aromatic carbocycles. The maximum atomic E-state index is 11.9. The van der Waals surface area contributed by atoms with Gasteiger partial charge in [0, 0.05) is 13.2 Å². The normalized spacial score (nSPS) is 12.1. The molecule has 18 heavy (non-hydrogen) atoms. The summed E-state index contributed by atoms with van der Waals surface area (Å²) >= 11 is 0. The van der Waals surface area contributed by atoms with E-state index in [9.17, 15) is 8.42 Å². The minimum Gasteiger partial charge on any atom is -0.350 e. The predicted molar refractivity (Wildman–Crippen MR) is 71.4 cm³/mol. The summed E-state index contributed by atoms with van der Waals surface area (Å²) in [5.41, 5.74) is 1.76. The average Bonchev–Trinajstić information content (AvgIpc) is 2.73. The first-order valence-electron chi connectivity index (χ1n) is 5.47. The Labute approximate surface area is 107 Å². The van der Waals surface area contributed by atoms with E-state index in [1.165, 1.54) is 6.21 Å². The number of hydrogen-bond acceptors (Lipinski definition) is 2. The molecule has 1 heterocycles. The van der Waals surface area contributed by atoms with Crippen molar-refractivity contribution in [3.8, 4) is 0 Å². The van der Waals surface area contributed by atoms with E-state index in [0.717, 1.165) is 11.3 Å². The highest BCUT2D eigenvalue weighted by Crippen LogP contribution is 2.13. The van der Waals surface area contributed by atoms with E-state index >= 15 is 0 Å². The zero-order valence-corrected chi connectivity index (χ0v) is 11.1. The molecule has 0 unspecified atom stereocenters. The Morgan fingerprint density at radius 2 is 1.83 bits per heavy atom. The maximum Gasteiger partial charge on any atom is 0.282 e. The van der Waals surface area contributed by atoms with Crippen LogP contribution in [0, 0.1) is 6.92 Å². The lowest BCUT2D eigenvalue weighted by Gasteiger charge is -1.99. The van der Waals surface area contributed by atoms with E-state index in [4.69, 9.17) is 0 Å². The van der Waals surface area contributed by atoms with E-state index in [2.05, 4.69) is 4.40 Å². The van der Waals surface area contributed by atoms with Crippen molar-refractivity contribution in [3.63, 3.8) is 0 Å². The molecular formula is C13H14N2O2S. The van der Waals surface area contributed by atoms with Crippen molar-refractivity contribution in [2.24, 2.45) is 11.4 Å². The van der Waals surface area contributed by atoms with Gasteiger partial charge in [-0.05, 0) is 31.2 Å². The van der Waals surface area contributed by atoms with Crippen molar-refractivity contribution in [1.29, 1.82) is 0 Å². The van der Waals surface area contributed by atoms with Crippen LogP contribution in [-0.2, 0) is 17.1 Å². The van der Waals surface area contributed by atoms with Gasteiger partial charge in [-0.15, -0.1) is 0 Å². The zero-order chi connectivity index (χ0) is 13.2. The van der Waals surface area contributed by atoms with Crippen molar-refractivity contribution in [3.05, 3.63) is 53.9 Å². The third kappa shape index (κ3) is 2.68. The van der Waals surface area contributed by atoms with Crippen LogP contribution in [-0.4, -0.2) is 19.2 Å². The Hall–Kier alpha value is -1.88. The second-order valence-electron chi connectivity index (χ2n) is 4.07. The summed E-state index contributed by atoms with van der Waals surface area (Å²) in [4.78, 5) is 0.207. The SMILES string of the molecule is Cc1ccc(S(=O)(=O)N=Cc2cccn2C)cc1. The number of aryl methyl sites for hydroxylation is 2. The van der Waals surface area contributed by atoms with Gasteiger partial charge in [0.1, 0.15) is 0 Å². The van der Waals surface area contributed by atoms with Gasteiger partial charge in [0.25, 0.3) is 10.0 Å². The fourth-order valence-electron chi connectivity index (χ4n) is 1.50. The lowest BCUT2D eigenvalue weighted by atomic mass is 10.2. The number of benzene rings is 1. The first-order valence-corrected chi connectivity index (χ1v) is 6.91. The molecule has 1 aromatic heterocycles. The molecule has 0 saturated carbocycles. The third-order valence-corrected chi connectivity index (χ3v) is 3.88. The van der Waals surface area contributed by atoms with Gasteiger partial charge < -0.3 is 4.57 Å². The molecular weight excluding hydrogens is 248 g/mol. The lowest BCUT2D eigenvalue weighted by Crippen LogP contribution is -1.99. The Bertz CT molecular complexity index is 667. The molecule has 0 aliphatic rings. The van der Waals surface area contributed by atoms with Crippen LogP contribution in [0.15, 0.2) is 51.9 Å². The average molecular weight is 262 g/mol. The topological polar surface area (TPSA) is 51.4 Å². The quantitative estimate of drug-likeness (QED) is 0.796. The van der Waals surface area contributed by atoms with Gasteiger partial charge in [-0.2, -0.15) is 12.8 Å². The molecule has 0 bridgehead atoms. The summed E-state index contributed by atoms with van der Waals surface area (Å²) in [6.45, 7) is 1.91. The molecule has 0 radical (unpaired) electrons. The fourth-order valence-corrected chi connectivity index (χ4v) is 2.35. The molecule has 0 saturated heterocycles. The van der Waals surface area contributed by atoms with Gasteiger partial charge in [0.05, 0.1) is 16.8 Å². The van der Waals surface area contributed by atoms with Crippen molar-refractivity contribution >= 4 is 16.2 Å². The van der Waals surface area contributed by atoms with E-state index in [1.807, 2.05) is 26.2 Å². The van der Waals surface area contributed by atoms with Crippen molar-refractivity contribution < 1.29 is 8.42 Å². The smallest absolute Gasteiger partial charge is 0.282 e. The summed E-state index contributed by atoms with van der Waals surface area (Å²) in [6.07, 6.45) is 3.19. The largest absolute Gasteiger partial charge is 0.350 e. The van der Waals surface area contributed by atoms with Crippen LogP contribution in [0.25, 0.3) is 0 Å². The van der Waals surface area contributed by atoms with Crippen LogP contribution in [0.2, 0.25) is 0 Å². The molecule has 2 aromatic rings. The standard InChI is InChI=1S/C13H14N2O2S/c1-11-5-7-13(8-6-11)18(16,17)14-10-12-4-3-9-15(12)2/h3-10H,1-2H3. The van der Waals surface area contributed by atoms with Crippen LogP contribution in [0.5, 0.6) is 0 Å². The first kappa shape index (κ1) is 12.6. The van der Waals surface area contributed by atoms with Crippen LogP contribution in [0.4, 0.5) is 0 Å². The molecule has 0 amide bonds. The Morgan fingerprint density at radius 3 is 2.39 bits per heavy atom. The molecule has 0 aliphatic heterocycles. The molecule has 0 aliphatic carbocycles. The fraction of sp³-hybridized carbons (Fsp3) is 0.154. The van der Waals surface area contributed by atoms with Crippen molar-refractivity contribution in [1.82, 2.24) is 4.57 Å². The van der Waals surface area contributed by atoms with Crippen LogP contribution >= 0.6 is 0 Å².